The quantitative estimate of drug-likeness (QED) is 0.721. The molecule has 1 saturated heterocycles. The summed E-state index contributed by atoms with van der Waals surface area (Å²) in [6.07, 6.45) is 4.05. The molecule has 1 fully saturated rings. The summed E-state index contributed by atoms with van der Waals surface area (Å²) in [5, 5.41) is 11.5. The fourth-order valence-corrected chi connectivity index (χ4v) is 1.61. The van der Waals surface area contributed by atoms with Crippen molar-refractivity contribution < 1.29 is 19.4 Å². The van der Waals surface area contributed by atoms with Gasteiger partial charge in [-0.05, 0) is 0 Å². The molecule has 2 unspecified atom stereocenters. The van der Waals surface area contributed by atoms with Crippen molar-refractivity contribution in [2.24, 2.45) is 5.92 Å². The number of aromatic nitrogens is 2. The van der Waals surface area contributed by atoms with Crippen LogP contribution < -0.4 is 5.32 Å². The molecule has 17 heavy (non-hydrogen) atoms. The fourth-order valence-electron chi connectivity index (χ4n) is 1.61. The van der Waals surface area contributed by atoms with Gasteiger partial charge in [0.2, 0.25) is 0 Å². The van der Waals surface area contributed by atoms with Gasteiger partial charge in [-0.25, -0.2) is 9.97 Å². The Morgan fingerprint density at radius 1 is 1.35 bits per heavy atom. The van der Waals surface area contributed by atoms with E-state index < -0.39 is 23.8 Å². The van der Waals surface area contributed by atoms with E-state index in [9.17, 15) is 9.59 Å². The molecule has 1 aliphatic heterocycles. The number of amides is 1. The summed E-state index contributed by atoms with van der Waals surface area (Å²) < 4.78 is 5.04. The monoisotopic (exact) mass is 237 g/mol. The Morgan fingerprint density at radius 3 is 2.71 bits per heavy atom. The SMILES string of the molecule is O=C(NC1COCC1C(=O)O)c1cncnc1. The van der Waals surface area contributed by atoms with E-state index in [1.54, 1.807) is 0 Å². The maximum atomic E-state index is 11.7. The zero-order valence-electron chi connectivity index (χ0n) is 8.87. The number of hydrogen-bond acceptors (Lipinski definition) is 5. The lowest BCUT2D eigenvalue weighted by atomic mass is 10.0. The van der Waals surface area contributed by atoms with Crippen molar-refractivity contribution in [1.82, 2.24) is 15.3 Å². The highest BCUT2D eigenvalue weighted by Crippen LogP contribution is 2.14. The van der Waals surface area contributed by atoms with Gasteiger partial charge in [0.25, 0.3) is 5.91 Å². The molecule has 0 radical (unpaired) electrons. The maximum Gasteiger partial charge on any atom is 0.311 e. The Morgan fingerprint density at radius 2 is 2.06 bits per heavy atom. The summed E-state index contributed by atoms with van der Waals surface area (Å²) in [5.74, 6) is -2.08. The number of rotatable bonds is 3. The van der Waals surface area contributed by atoms with Gasteiger partial charge in [0, 0.05) is 12.4 Å². The minimum absolute atomic E-state index is 0.117. The Bertz CT molecular complexity index is 423. The topological polar surface area (TPSA) is 101 Å². The second kappa shape index (κ2) is 4.88. The normalized spacial score (nSPS) is 23.3. The molecule has 2 atom stereocenters. The lowest BCUT2D eigenvalue weighted by Crippen LogP contribution is -2.42. The van der Waals surface area contributed by atoms with E-state index in [2.05, 4.69) is 15.3 Å². The standard InChI is InChI=1S/C10H11N3O4/c14-9(6-1-11-5-12-2-6)13-8-4-17-3-7(8)10(15)16/h1-2,5,7-8H,3-4H2,(H,13,14)(H,15,16). The van der Waals surface area contributed by atoms with E-state index >= 15 is 0 Å². The van der Waals surface area contributed by atoms with Crippen molar-refractivity contribution >= 4 is 11.9 Å². The van der Waals surface area contributed by atoms with Crippen molar-refractivity contribution in [3.8, 4) is 0 Å². The highest BCUT2D eigenvalue weighted by atomic mass is 16.5. The van der Waals surface area contributed by atoms with Gasteiger partial charge in [-0.3, -0.25) is 9.59 Å². The first-order valence-corrected chi connectivity index (χ1v) is 5.05. The Labute approximate surface area is 96.8 Å². The first kappa shape index (κ1) is 11.5. The molecule has 1 aromatic rings. The summed E-state index contributed by atoms with van der Waals surface area (Å²) in [6.45, 7) is 0.321. The molecule has 0 bridgehead atoms. The minimum atomic E-state index is -0.975. The van der Waals surface area contributed by atoms with Gasteiger partial charge >= 0.3 is 5.97 Å². The summed E-state index contributed by atoms with van der Waals surface area (Å²) in [4.78, 5) is 30.0. The van der Waals surface area contributed by atoms with Crippen LogP contribution in [0.15, 0.2) is 18.7 Å². The fraction of sp³-hybridized carbons (Fsp3) is 0.400. The van der Waals surface area contributed by atoms with Crippen molar-refractivity contribution in [3.05, 3.63) is 24.3 Å². The maximum absolute atomic E-state index is 11.7. The van der Waals surface area contributed by atoms with Gasteiger partial charge in [-0.15, -0.1) is 0 Å². The molecule has 0 spiro atoms. The van der Waals surface area contributed by atoms with Gasteiger partial charge in [0.05, 0.1) is 24.8 Å². The molecule has 1 aromatic heterocycles. The van der Waals surface area contributed by atoms with Crippen molar-refractivity contribution in [2.45, 2.75) is 6.04 Å². The molecule has 2 rings (SSSR count). The van der Waals surface area contributed by atoms with Crippen LogP contribution in [0.25, 0.3) is 0 Å². The number of carbonyl (C=O) groups is 2. The predicted octanol–water partition coefficient (Wildman–Crippen LogP) is -0.694. The molecular formula is C10H11N3O4. The van der Waals surface area contributed by atoms with Crippen molar-refractivity contribution in [3.63, 3.8) is 0 Å². The van der Waals surface area contributed by atoms with Crippen LogP contribution >= 0.6 is 0 Å². The molecule has 7 nitrogen and oxygen atoms in total. The van der Waals surface area contributed by atoms with Crippen LogP contribution in [0, 0.1) is 5.92 Å². The van der Waals surface area contributed by atoms with E-state index in [1.807, 2.05) is 0 Å². The van der Waals surface area contributed by atoms with Gasteiger partial charge in [0.15, 0.2) is 0 Å². The van der Waals surface area contributed by atoms with Gasteiger partial charge in [0.1, 0.15) is 12.2 Å². The second-order valence-electron chi connectivity index (χ2n) is 3.69. The summed E-state index contributed by atoms with van der Waals surface area (Å²) >= 11 is 0. The Hall–Kier alpha value is -2.02. The van der Waals surface area contributed by atoms with Crippen LogP contribution in [0.3, 0.4) is 0 Å². The lowest BCUT2D eigenvalue weighted by Gasteiger charge is -2.15. The predicted molar refractivity (Wildman–Crippen MR) is 55.2 cm³/mol. The first-order chi connectivity index (χ1) is 8.18. The lowest BCUT2D eigenvalue weighted by molar-refractivity contribution is -0.142. The van der Waals surface area contributed by atoms with Crippen LogP contribution in [-0.2, 0) is 9.53 Å². The number of nitrogens with zero attached hydrogens (tertiary/aromatic N) is 2. The number of ether oxygens (including phenoxy) is 1. The number of carboxylic acid groups (broad SMARTS) is 1. The van der Waals surface area contributed by atoms with Crippen LogP contribution in [0.4, 0.5) is 0 Å². The second-order valence-corrected chi connectivity index (χ2v) is 3.69. The van der Waals surface area contributed by atoms with Gasteiger partial charge in [-0.2, -0.15) is 0 Å². The molecule has 0 aromatic carbocycles. The number of carbonyl (C=O) groups excluding carboxylic acids is 1. The van der Waals surface area contributed by atoms with Crippen LogP contribution in [0.5, 0.6) is 0 Å². The van der Waals surface area contributed by atoms with E-state index in [1.165, 1.54) is 18.7 Å². The van der Waals surface area contributed by atoms with Crippen LogP contribution in [0.2, 0.25) is 0 Å². The van der Waals surface area contributed by atoms with E-state index in [-0.39, 0.29) is 13.2 Å². The number of hydrogen-bond donors (Lipinski definition) is 2. The average molecular weight is 237 g/mol. The van der Waals surface area contributed by atoms with Gasteiger partial charge < -0.3 is 15.2 Å². The van der Waals surface area contributed by atoms with Crippen LogP contribution in [-0.4, -0.2) is 46.2 Å². The molecule has 90 valence electrons. The number of carboxylic acids is 1. The van der Waals surface area contributed by atoms with E-state index in [4.69, 9.17) is 9.84 Å². The Kier molecular flexibility index (Phi) is 3.29. The highest BCUT2D eigenvalue weighted by molar-refractivity contribution is 5.94. The zero-order valence-corrected chi connectivity index (χ0v) is 8.87. The zero-order chi connectivity index (χ0) is 12.3. The molecular weight excluding hydrogens is 226 g/mol. The molecule has 0 saturated carbocycles. The number of aliphatic carboxylic acids is 1. The average Bonchev–Trinajstić information content (AvgIpc) is 2.78. The third-order valence-corrected chi connectivity index (χ3v) is 2.54. The third-order valence-electron chi connectivity index (χ3n) is 2.54. The highest BCUT2D eigenvalue weighted by Gasteiger charge is 2.35. The molecule has 2 heterocycles. The number of nitrogens with one attached hydrogen (secondary N) is 1. The van der Waals surface area contributed by atoms with E-state index in [0.29, 0.717) is 5.56 Å². The van der Waals surface area contributed by atoms with Crippen molar-refractivity contribution in [2.75, 3.05) is 13.2 Å². The molecule has 0 aliphatic carbocycles. The smallest absolute Gasteiger partial charge is 0.311 e. The minimum Gasteiger partial charge on any atom is -0.481 e. The van der Waals surface area contributed by atoms with E-state index in [0.717, 1.165) is 0 Å². The molecule has 1 aliphatic rings. The third kappa shape index (κ3) is 2.56. The first-order valence-electron chi connectivity index (χ1n) is 5.05. The summed E-state index contributed by atoms with van der Waals surface area (Å²) in [5.41, 5.74) is 0.295. The molecule has 7 heteroatoms. The van der Waals surface area contributed by atoms with Crippen molar-refractivity contribution in [1.29, 1.82) is 0 Å². The van der Waals surface area contributed by atoms with Gasteiger partial charge in [-0.1, -0.05) is 0 Å². The largest absolute Gasteiger partial charge is 0.481 e. The Balaban J connectivity index is 2.02. The summed E-state index contributed by atoms with van der Waals surface area (Å²) in [6, 6.07) is -0.514. The molecule has 2 N–H and O–H groups in total. The van der Waals surface area contributed by atoms with Crippen LogP contribution in [0.1, 0.15) is 10.4 Å². The molecule has 1 amide bonds. The summed E-state index contributed by atoms with van der Waals surface area (Å²) in [7, 11) is 0.